The quantitative estimate of drug-likeness (QED) is 0.429. The van der Waals surface area contributed by atoms with Crippen LogP contribution in [0.4, 0.5) is 10.1 Å². The molecule has 2 saturated carbocycles. The molecule has 0 spiro atoms. The third-order valence-electron chi connectivity index (χ3n) is 9.44. The number of fused-ring (bicyclic) bond motifs is 4. The monoisotopic (exact) mass is 613 g/mol. The fourth-order valence-corrected chi connectivity index (χ4v) is 7.23. The zero-order valence-electron chi connectivity index (χ0n) is 23.8. The van der Waals surface area contributed by atoms with Gasteiger partial charge in [0.2, 0.25) is 0 Å². The van der Waals surface area contributed by atoms with Crippen molar-refractivity contribution in [2.24, 2.45) is 11.3 Å². The van der Waals surface area contributed by atoms with Gasteiger partial charge in [-0.05, 0) is 96.4 Å². The summed E-state index contributed by atoms with van der Waals surface area (Å²) in [6.07, 6.45) is 5.08. The van der Waals surface area contributed by atoms with Crippen molar-refractivity contribution < 1.29 is 19.0 Å². The van der Waals surface area contributed by atoms with Crippen LogP contribution in [0.3, 0.4) is 0 Å². The Bertz CT molecular complexity index is 1410. The highest BCUT2D eigenvalue weighted by Crippen LogP contribution is 2.64. The van der Waals surface area contributed by atoms with Gasteiger partial charge in [0.15, 0.2) is 5.78 Å². The summed E-state index contributed by atoms with van der Waals surface area (Å²) in [7, 11) is 4.07. The summed E-state index contributed by atoms with van der Waals surface area (Å²) in [5.41, 5.74) is 4.95. The molecular formula is C33H40FNO3S3. The van der Waals surface area contributed by atoms with Gasteiger partial charge in [-0.15, -0.1) is 0 Å². The minimum Gasteiger partial charge on any atom is -0.378 e. The van der Waals surface area contributed by atoms with Crippen LogP contribution in [0.2, 0.25) is 0 Å². The molecule has 0 saturated heterocycles. The summed E-state index contributed by atoms with van der Waals surface area (Å²) < 4.78 is 20.0. The van der Waals surface area contributed by atoms with Crippen molar-refractivity contribution in [2.45, 2.75) is 56.7 Å². The number of anilines is 1. The number of hydrogen-bond donors (Lipinski definition) is 1. The van der Waals surface area contributed by atoms with E-state index in [2.05, 4.69) is 47.9 Å². The van der Waals surface area contributed by atoms with E-state index in [1.54, 1.807) is 18.2 Å². The Kier molecular flexibility index (Phi) is 10.3. The van der Waals surface area contributed by atoms with Gasteiger partial charge in [0, 0.05) is 43.1 Å². The number of carbonyl (C=O) groups is 1. The molecule has 0 radical (unpaired) electrons. The molecule has 4 nitrogen and oxygen atoms in total. The molecule has 4 aliphatic rings. The number of rotatable bonds is 2. The van der Waals surface area contributed by atoms with Gasteiger partial charge in [-0.25, -0.2) is 4.39 Å². The highest BCUT2D eigenvalue weighted by atomic mass is 32.1. The number of benzene rings is 2. The lowest BCUT2D eigenvalue weighted by atomic mass is 9.55. The fourth-order valence-electron chi connectivity index (χ4n) is 7.23. The molecule has 0 unspecified atom stereocenters. The fraction of sp³-hybridized carbons (Fsp3) is 0.424. The summed E-state index contributed by atoms with van der Waals surface area (Å²) >= 11 is 0. The highest BCUT2D eigenvalue weighted by molar-refractivity contribution is 7.59. The SMILES string of the molecule is CN(C)c1ccc([C@H]2C[C@@]3(C)[C@@H](CC[C@@]3(O)C#Cc3ccc(F)cc3)[C@@H]3OCC4=CC(=O)CCC4=C32)cc1.S.S.S. The largest absolute Gasteiger partial charge is 0.378 e. The van der Waals surface area contributed by atoms with Crippen molar-refractivity contribution in [1.82, 2.24) is 0 Å². The molecule has 1 aliphatic heterocycles. The number of ether oxygens (including phenoxy) is 1. The van der Waals surface area contributed by atoms with Crippen molar-refractivity contribution in [1.29, 1.82) is 0 Å². The molecule has 0 aromatic heterocycles. The van der Waals surface area contributed by atoms with E-state index >= 15 is 0 Å². The minimum atomic E-state index is -1.19. The Morgan fingerprint density at radius 2 is 1.71 bits per heavy atom. The number of carbonyl (C=O) groups excluding carboxylic acids is 1. The number of nitrogens with zero attached hydrogens (tertiary/aromatic N) is 1. The molecule has 2 aromatic carbocycles. The Hall–Kier alpha value is -2.15. The maximum atomic E-state index is 13.4. The van der Waals surface area contributed by atoms with Crippen LogP contribution >= 0.6 is 40.5 Å². The lowest BCUT2D eigenvalue weighted by Crippen LogP contribution is -2.53. The van der Waals surface area contributed by atoms with Crippen LogP contribution in [0.1, 0.15) is 56.1 Å². The standard InChI is InChI=1S/C33H34FNO3.3H2S/c1-32-19-28(22-6-10-25(11-7-22)35(2)3)30-27-13-12-26(36)18-23(27)20-38-31(30)29(32)15-17-33(32,37)16-14-21-4-8-24(34)9-5-21;;;/h4-11,18,28-29,31,37H,12-13,15,17,19-20H2,1-3H3;3*1H2/t28-,29+,31+,32+,33+;;;/m1.../s1. The second-order valence-electron chi connectivity index (χ2n) is 11.7. The Morgan fingerprint density at radius 3 is 2.37 bits per heavy atom. The molecule has 3 aliphatic carbocycles. The number of ketones is 1. The highest BCUT2D eigenvalue weighted by Gasteiger charge is 2.63. The van der Waals surface area contributed by atoms with Gasteiger partial charge in [0.25, 0.3) is 0 Å². The van der Waals surface area contributed by atoms with Crippen LogP contribution in [0.25, 0.3) is 0 Å². The maximum Gasteiger partial charge on any atom is 0.156 e. The molecular weight excluding hydrogens is 574 g/mol. The van der Waals surface area contributed by atoms with E-state index in [-0.39, 0.29) is 70.0 Å². The molecule has 1 heterocycles. The lowest BCUT2D eigenvalue weighted by Gasteiger charge is -2.53. The molecule has 5 atom stereocenters. The predicted molar refractivity (Wildman–Crippen MR) is 177 cm³/mol. The molecule has 220 valence electrons. The van der Waals surface area contributed by atoms with E-state index in [9.17, 15) is 14.3 Å². The maximum absolute atomic E-state index is 13.4. The molecule has 2 aromatic rings. The zero-order valence-corrected chi connectivity index (χ0v) is 26.8. The Balaban J connectivity index is 0.00000154. The average Bonchev–Trinajstić information content (AvgIpc) is 3.18. The zero-order chi connectivity index (χ0) is 26.7. The molecule has 0 amide bonds. The van der Waals surface area contributed by atoms with Gasteiger partial charge in [0.05, 0.1) is 12.7 Å². The Morgan fingerprint density at radius 1 is 1.02 bits per heavy atom. The van der Waals surface area contributed by atoms with Crippen molar-refractivity contribution in [2.75, 3.05) is 25.6 Å². The smallest absolute Gasteiger partial charge is 0.156 e. The van der Waals surface area contributed by atoms with Crippen LogP contribution in [0, 0.1) is 29.0 Å². The van der Waals surface area contributed by atoms with Gasteiger partial charge in [0.1, 0.15) is 11.4 Å². The molecule has 41 heavy (non-hydrogen) atoms. The van der Waals surface area contributed by atoms with E-state index in [1.165, 1.54) is 28.8 Å². The van der Waals surface area contributed by atoms with E-state index in [1.807, 2.05) is 14.1 Å². The van der Waals surface area contributed by atoms with Gasteiger partial charge in [-0.2, -0.15) is 40.5 Å². The van der Waals surface area contributed by atoms with E-state index in [4.69, 9.17) is 4.74 Å². The van der Waals surface area contributed by atoms with Crippen LogP contribution in [-0.4, -0.2) is 43.3 Å². The first-order valence-corrected chi connectivity index (χ1v) is 13.6. The van der Waals surface area contributed by atoms with E-state index in [0.29, 0.717) is 25.0 Å². The number of hydrogen-bond acceptors (Lipinski definition) is 4. The number of aliphatic hydroxyl groups is 1. The number of allylic oxidation sites excluding steroid dienone is 1. The van der Waals surface area contributed by atoms with Crippen molar-refractivity contribution in [3.05, 3.63) is 88.3 Å². The molecule has 2 fully saturated rings. The normalized spacial score (nSPS) is 29.6. The van der Waals surface area contributed by atoms with Crippen LogP contribution in [-0.2, 0) is 9.53 Å². The molecule has 1 N–H and O–H groups in total. The summed E-state index contributed by atoms with van der Waals surface area (Å²) in [5, 5.41) is 12.1. The summed E-state index contributed by atoms with van der Waals surface area (Å²) in [5.74, 6) is 6.42. The second kappa shape index (κ2) is 12.6. The average molecular weight is 614 g/mol. The molecule has 8 heteroatoms. The summed E-state index contributed by atoms with van der Waals surface area (Å²) in [6, 6.07) is 14.8. The number of halogens is 1. The third kappa shape index (κ3) is 5.77. The van der Waals surface area contributed by atoms with Crippen LogP contribution in [0.15, 0.2) is 71.3 Å². The van der Waals surface area contributed by atoms with E-state index in [0.717, 1.165) is 30.5 Å². The Labute approximate surface area is 263 Å². The first kappa shape index (κ1) is 33.4. The summed E-state index contributed by atoms with van der Waals surface area (Å²) in [6.45, 7) is 2.61. The van der Waals surface area contributed by atoms with Gasteiger partial charge < -0.3 is 14.7 Å². The van der Waals surface area contributed by atoms with Gasteiger partial charge in [-0.3, -0.25) is 4.79 Å². The van der Waals surface area contributed by atoms with Crippen LogP contribution < -0.4 is 4.90 Å². The van der Waals surface area contributed by atoms with E-state index < -0.39 is 11.0 Å². The van der Waals surface area contributed by atoms with Crippen molar-refractivity contribution >= 4 is 52.0 Å². The molecule has 0 bridgehead atoms. The topological polar surface area (TPSA) is 49.8 Å². The van der Waals surface area contributed by atoms with Gasteiger partial charge >= 0.3 is 0 Å². The predicted octanol–water partition coefficient (Wildman–Crippen LogP) is 5.90. The van der Waals surface area contributed by atoms with Crippen molar-refractivity contribution in [3.63, 3.8) is 0 Å². The van der Waals surface area contributed by atoms with Gasteiger partial charge in [-0.1, -0.05) is 30.9 Å². The van der Waals surface area contributed by atoms with Crippen LogP contribution in [0.5, 0.6) is 0 Å². The molecule has 6 rings (SSSR count). The van der Waals surface area contributed by atoms with Crippen molar-refractivity contribution in [3.8, 4) is 11.8 Å². The lowest BCUT2D eigenvalue weighted by molar-refractivity contribution is -0.115. The first-order chi connectivity index (χ1) is 18.2. The third-order valence-corrected chi connectivity index (χ3v) is 9.44. The minimum absolute atomic E-state index is 0. The summed E-state index contributed by atoms with van der Waals surface area (Å²) in [4.78, 5) is 14.3. The second-order valence-corrected chi connectivity index (χ2v) is 11.7. The first-order valence-electron chi connectivity index (χ1n) is 13.6.